The lowest BCUT2D eigenvalue weighted by molar-refractivity contribution is -0.141. The van der Waals surface area contributed by atoms with Crippen LogP contribution in [0.3, 0.4) is 0 Å². The van der Waals surface area contributed by atoms with Crippen molar-refractivity contribution in [1.82, 2.24) is 4.90 Å². The van der Waals surface area contributed by atoms with Crippen molar-refractivity contribution in [3.8, 4) is 17.6 Å². The zero-order valence-corrected chi connectivity index (χ0v) is 20.2. The van der Waals surface area contributed by atoms with Crippen LogP contribution in [-0.4, -0.2) is 42.9 Å². The molecule has 9 heteroatoms. The number of nitriles is 1. The molecule has 1 heterocycles. The van der Waals surface area contributed by atoms with Crippen molar-refractivity contribution >= 4 is 23.9 Å². The summed E-state index contributed by atoms with van der Waals surface area (Å²) >= 11 is 0. The van der Waals surface area contributed by atoms with E-state index in [1.807, 2.05) is 6.07 Å². The van der Waals surface area contributed by atoms with Gasteiger partial charge < -0.3 is 14.2 Å². The minimum absolute atomic E-state index is 0.000229. The average Bonchev–Trinajstić information content (AvgIpc) is 2.86. The van der Waals surface area contributed by atoms with Crippen LogP contribution in [0, 0.1) is 17.1 Å². The monoisotopic (exact) mass is 492 g/mol. The first-order valence-corrected chi connectivity index (χ1v) is 11.1. The zero-order valence-electron chi connectivity index (χ0n) is 20.2. The Balaban J connectivity index is 1.84. The lowest BCUT2D eigenvalue weighted by atomic mass is 9.93. The van der Waals surface area contributed by atoms with Crippen LogP contribution < -0.4 is 9.47 Å². The van der Waals surface area contributed by atoms with Gasteiger partial charge in [-0.05, 0) is 60.4 Å². The maximum atomic E-state index is 13.1. The van der Waals surface area contributed by atoms with Crippen molar-refractivity contribution in [2.45, 2.75) is 26.9 Å². The van der Waals surface area contributed by atoms with Crippen LogP contribution in [0.15, 0.2) is 59.2 Å². The highest BCUT2D eigenvalue weighted by Gasteiger charge is 2.35. The molecule has 0 bridgehead atoms. The molecule has 0 radical (unpaired) electrons. The van der Waals surface area contributed by atoms with Crippen molar-refractivity contribution in [3.05, 3.63) is 76.1 Å². The van der Waals surface area contributed by atoms with Crippen LogP contribution in [0.25, 0.3) is 6.08 Å². The molecule has 2 aromatic carbocycles. The average molecular weight is 493 g/mol. The van der Waals surface area contributed by atoms with Gasteiger partial charge in [-0.2, -0.15) is 5.26 Å². The van der Waals surface area contributed by atoms with E-state index in [9.17, 15) is 24.0 Å². The molecule has 1 aliphatic heterocycles. The van der Waals surface area contributed by atoms with E-state index >= 15 is 0 Å². The quantitative estimate of drug-likeness (QED) is 0.226. The highest BCUT2D eigenvalue weighted by molar-refractivity contribution is 6.19. The van der Waals surface area contributed by atoms with Crippen LogP contribution in [0.4, 0.5) is 4.39 Å². The molecule has 0 N–H and O–H groups in total. The third kappa shape index (κ3) is 6.16. The Morgan fingerprint density at radius 2 is 1.83 bits per heavy atom. The summed E-state index contributed by atoms with van der Waals surface area (Å²) in [5.74, 6) is -1.16. The molecule has 8 nitrogen and oxygen atoms in total. The van der Waals surface area contributed by atoms with Crippen molar-refractivity contribution in [2.75, 3.05) is 20.3 Å². The van der Waals surface area contributed by atoms with E-state index in [2.05, 4.69) is 0 Å². The Morgan fingerprint density at radius 1 is 1.11 bits per heavy atom. The summed E-state index contributed by atoms with van der Waals surface area (Å²) in [6.45, 7) is 3.07. The van der Waals surface area contributed by atoms with Gasteiger partial charge in [0.25, 0.3) is 11.8 Å². The number of rotatable bonds is 9. The summed E-state index contributed by atoms with van der Waals surface area (Å²) in [5, 5.41) is 9.53. The van der Waals surface area contributed by atoms with Gasteiger partial charge in [0, 0.05) is 19.0 Å². The summed E-state index contributed by atoms with van der Waals surface area (Å²) in [4.78, 5) is 37.8. The maximum absolute atomic E-state index is 13.1. The minimum Gasteiger partial charge on any atom is -0.493 e. The number of ether oxygens (including phenoxy) is 3. The van der Waals surface area contributed by atoms with Crippen LogP contribution in [0.5, 0.6) is 11.5 Å². The lowest BCUT2D eigenvalue weighted by Crippen LogP contribution is -2.43. The first kappa shape index (κ1) is 26.2. The number of methoxy groups -OCH3 is 1. The number of hydrogen-bond donors (Lipinski definition) is 0. The van der Waals surface area contributed by atoms with Crippen molar-refractivity contribution < 1.29 is 33.0 Å². The Hall–Kier alpha value is -4.45. The lowest BCUT2D eigenvalue weighted by Gasteiger charge is -2.27. The van der Waals surface area contributed by atoms with E-state index < -0.39 is 17.8 Å². The molecule has 36 heavy (non-hydrogen) atoms. The van der Waals surface area contributed by atoms with Gasteiger partial charge in [0.2, 0.25) is 0 Å². The minimum atomic E-state index is -0.679. The molecule has 0 fully saturated rings. The Bertz CT molecular complexity index is 1270. The van der Waals surface area contributed by atoms with Crippen LogP contribution in [0.2, 0.25) is 0 Å². The Kier molecular flexibility index (Phi) is 8.57. The fourth-order valence-corrected chi connectivity index (χ4v) is 3.57. The molecule has 0 aromatic heterocycles. The highest BCUT2D eigenvalue weighted by atomic mass is 19.1. The largest absolute Gasteiger partial charge is 0.493 e. The normalized spacial score (nSPS) is 14.6. The first-order valence-electron chi connectivity index (χ1n) is 11.1. The maximum Gasteiger partial charge on any atom is 0.302 e. The molecule has 2 aromatic rings. The molecule has 3 rings (SSSR count). The van der Waals surface area contributed by atoms with Gasteiger partial charge in [0.1, 0.15) is 24.1 Å². The summed E-state index contributed by atoms with van der Waals surface area (Å²) < 4.78 is 29.2. The second-order valence-electron chi connectivity index (χ2n) is 7.95. The molecule has 1 aliphatic rings. The van der Waals surface area contributed by atoms with Gasteiger partial charge in [0.15, 0.2) is 11.5 Å². The van der Waals surface area contributed by atoms with E-state index in [4.69, 9.17) is 14.2 Å². The summed E-state index contributed by atoms with van der Waals surface area (Å²) in [5.41, 5.74) is 1.72. The van der Waals surface area contributed by atoms with Crippen molar-refractivity contribution in [3.63, 3.8) is 0 Å². The third-order valence-electron chi connectivity index (χ3n) is 5.46. The Morgan fingerprint density at radius 3 is 2.47 bits per heavy atom. The molecule has 0 saturated carbocycles. The fraction of sp³-hybridized carbons (Fsp3) is 0.259. The number of imide groups is 1. The highest BCUT2D eigenvalue weighted by Crippen LogP contribution is 2.32. The predicted octanol–water partition coefficient (Wildman–Crippen LogP) is 3.96. The number of benzene rings is 2. The number of carbonyl (C=O) groups excluding carboxylic acids is 3. The van der Waals surface area contributed by atoms with E-state index in [0.29, 0.717) is 17.1 Å². The van der Waals surface area contributed by atoms with Gasteiger partial charge in [-0.15, -0.1) is 0 Å². The van der Waals surface area contributed by atoms with Crippen molar-refractivity contribution in [1.29, 1.82) is 5.26 Å². The van der Waals surface area contributed by atoms with E-state index in [-0.39, 0.29) is 48.7 Å². The van der Waals surface area contributed by atoms with Gasteiger partial charge in [-0.1, -0.05) is 18.2 Å². The molecule has 0 atom stereocenters. The number of esters is 1. The number of amides is 2. The molecular weight excluding hydrogens is 467 g/mol. The standard InChI is InChI=1S/C27H25FN2O6/c1-17-22(26(32)30(27(33)23(17)15-29)11-4-12-35-18(2)31)13-20-7-10-24(25(14-20)34-3)36-16-19-5-8-21(28)9-6-19/h5-10,13-14H,4,11-12,16H2,1-3H3/b22-13+. The first-order chi connectivity index (χ1) is 17.2. The predicted molar refractivity (Wildman–Crippen MR) is 128 cm³/mol. The van der Waals surface area contributed by atoms with Gasteiger partial charge >= 0.3 is 5.97 Å². The number of halogens is 1. The molecule has 0 unspecified atom stereocenters. The van der Waals surface area contributed by atoms with Crippen LogP contribution in [-0.2, 0) is 25.7 Å². The third-order valence-corrected chi connectivity index (χ3v) is 5.46. The number of carbonyl (C=O) groups is 3. The van der Waals surface area contributed by atoms with E-state index in [0.717, 1.165) is 10.5 Å². The number of nitrogens with zero attached hydrogens (tertiary/aromatic N) is 2. The summed E-state index contributed by atoms with van der Waals surface area (Å²) in [6.07, 6.45) is 1.82. The second-order valence-corrected chi connectivity index (χ2v) is 7.95. The molecular formula is C27H25FN2O6. The van der Waals surface area contributed by atoms with Gasteiger partial charge in [0.05, 0.1) is 13.7 Å². The van der Waals surface area contributed by atoms with Crippen LogP contribution >= 0.6 is 0 Å². The van der Waals surface area contributed by atoms with Gasteiger partial charge in [-0.25, -0.2) is 4.39 Å². The zero-order chi connectivity index (χ0) is 26.2. The molecule has 0 aliphatic carbocycles. The molecule has 2 amide bonds. The number of hydrogen-bond acceptors (Lipinski definition) is 7. The summed E-state index contributed by atoms with van der Waals surface area (Å²) in [7, 11) is 1.48. The topological polar surface area (TPSA) is 106 Å². The molecule has 0 spiro atoms. The van der Waals surface area contributed by atoms with Gasteiger partial charge in [-0.3, -0.25) is 19.3 Å². The van der Waals surface area contributed by atoms with E-state index in [1.54, 1.807) is 43.3 Å². The van der Waals surface area contributed by atoms with Crippen LogP contribution in [0.1, 0.15) is 31.4 Å². The smallest absolute Gasteiger partial charge is 0.302 e. The Labute approximate surface area is 208 Å². The van der Waals surface area contributed by atoms with Crippen molar-refractivity contribution in [2.24, 2.45) is 0 Å². The fourth-order valence-electron chi connectivity index (χ4n) is 3.57. The molecule has 0 saturated heterocycles. The SMILES string of the molecule is COc1cc(/C=C2/C(=O)N(CCCOC(C)=O)C(=O)C(C#N)=C2C)ccc1OCc1ccc(F)cc1. The second kappa shape index (κ2) is 11.8. The summed E-state index contributed by atoms with van der Waals surface area (Å²) in [6, 6.07) is 12.9. The van der Waals surface area contributed by atoms with E-state index in [1.165, 1.54) is 26.2 Å². The molecule has 186 valence electrons.